The van der Waals surface area contributed by atoms with Crippen LogP contribution in [0, 0.1) is 5.92 Å². The second-order valence-electron chi connectivity index (χ2n) is 8.95. The van der Waals surface area contributed by atoms with E-state index in [0.717, 1.165) is 26.4 Å². The number of thiophene rings is 1. The van der Waals surface area contributed by atoms with Gasteiger partial charge in [-0.3, -0.25) is 9.59 Å². The Kier molecular flexibility index (Phi) is 6.58. The zero-order valence-corrected chi connectivity index (χ0v) is 21.5. The molecule has 0 bridgehead atoms. The van der Waals surface area contributed by atoms with E-state index in [1.54, 1.807) is 11.3 Å². The zero-order chi connectivity index (χ0) is 24.5. The van der Waals surface area contributed by atoms with Crippen molar-refractivity contribution in [1.82, 2.24) is 9.88 Å². The van der Waals surface area contributed by atoms with Crippen LogP contribution < -0.4 is 10.1 Å². The quantitative estimate of drug-likeness (QED) is 0.318. The fourth-order valence-corrected chi connectivity index (χ4v) is 6.42. The normalized spacial score (nSPS) is 17.6. The highest BCUT2D eigenvalue weighted by atomic mass is 32.1. The van der Waals surface area contributed by atoms with Crippen molar-refractivity contribution in [2.24, 2.45) is 5.92 Å². The van der Waals surface area contributed by atoms with Crippen LogP contribution in [0.5, 0.6) is 5.75 Å². The SMILES string of the molecule is CCOc1ccc2nc(NC(=O)[C@H]3c4ccccc4C(=O)N(CC(C)C)[C@@H]3c3cccs3)sc2c1. The molecule has 2 aromatic heterocycles. The summed E-state index contributed by atoms with van der Waals surface area (Å²) in [6.07, 6.45) is 0. The summed E-state index contributed by atoms with van der Waals surface area (Å²) in [6, 6.07) is 16.8. The van der Waals surface area contributed by atoms with Gasteiger partial charge >= 0.3 is 0 Å². The monoisotopic (exact) mass is 505 g/mol. The predicted molar refractivity (Wildman–Crippen MR) is 142 cm³/mol. The molecule has 2 aromatic carbocycles. The first-order valence-electron chi connectivity index (χ1n) is 11.7. The molecule has 1 aliphatic rings. The summed E-state index contributed by atoms with van der Waals surface area (Å²) in [5, 5.41) is 5.60. The van der Waals surface area contributed by atoms with Gasteiger partial charge in [0, 0.05) is 17.0 Å². The van der Waals surface area contributed by atoms with Gasteiger partial charge in [-0.2, -0.15) is 0 Å². The van der Waals surface area contributed by atoms with Gasteiger partial charge in [-0.1, -0.05) is 49.4 Å². The summed E-state index contributed by atoms with van der Waals surface area (Å²) in [4.78, 5) is 35.0. The molecule has 3 heterocycles. The number of hydrogen-bond acceptors (Lipinski definition) is 6. The first-order chi connectivity index (χ1) is 17.0. The molecule has 0 radical (unpaired) electrons. The summed E-state index contributed by atoms with van der Waals surface area (Å²) in [6.45, 7) is 7.28. The number of ether oxygens (including phenoxy) is 1. The molecular formula is C27H27N3O3S2. The van der Waals surface area contributed by atoms with Crippen LogP contribution in [0.3, 0.4) is 0 Å². The predicted octanol–water partition coefficient (Wildman–Crippen LogP) is 6.33. The van der Waals surface area contributed by atoms with E-state index >= 15 is 0 Å². The number of fused-ring (bicyclic) bond motifs is 2. The molecular weight excluding hydrogens is 478 g/mol. The first-order valence-corrected chi connectivity index (χ1v) is 13.4. The highest BCUT2D eigenvalue weighted by Gasteiger charge is 2.44. The van der Waals surface area contributed by atoms with Gasteiger partial charge in [0.1, 0.15) is 5.75 Å². The average molecular weight is 506 g/mol. The molecule has 0 saturated heterocycles. The van der Waals surface area contributed by atoms with Gasteiger partial charge in [-0.15, -0.1) is 11.3 Å². The summed E-state index contributed by atoms with van der Waals surface area (Å²) in [7, 11) is 0. The van der Waals surface area contributed by atoms with Crippen LogP contribution in [0.25, 0.3) is 10.2 Å². The Morgan fingerprint density at radius 2 is 2.00 bits per heavy atom. The van der Waals surface area contributed by atoms with E-state index in [9.17, 15) is 9.59 Å². The van der Waals surface area contributed by atoms with Crippen molar-refractivity contribution in [1.29, 1.82) is 0 Å². The van der Waals surface area contributed by atoms with Gasteiger partial charge in [-0.25, -0.2) is 4.98 Å². The van der Waals surface area contributed by atoms with Gasteiger partial charge in [-0.05, 0) is 54.1 Å². The first kappa shape index (κ1) is 23.5. The molecule has 35 heavy (non-hydrogen) atoms. The van der Waals surface area contributed by atoms with Crippen molar-refractivity contribution in [2.45, 2.75) is 32.7 Å². The number of benzene rings is 2. The van der Waals surface area contributed by atoms with Crippen molar-refractivity contribution in [3.63, 3.8) is 0 Å². The fraction of sp³-hybridized carbons (Fsp3) is 0.296. The number of carbonyl (C=O) groups excluding carboxylic acids is 2. The summed E-state index contributed by atoms with van der Waals surface area (Å²) in [5.74, 6) is 0.302. The van der Waals surface area contributed by atoms with Crippen LogP contribution in [-0.2, 0) is 4.79 Å². The lowest BCUT2D eigenvalue weighted by molar-refractivity contribution is -0.119. The van der Waals surface area contributed by atoms with Gasteiger partial charge in [0.2, 0.25) is 5.91 Å². The maximum atomic E-state index is 13.9. The molecule has 5 rings (SSSR count). The molecule has 6 nitrogen and oxygen atoms in total. The molecule has 0 aliphatic carbocycles. The van der Waals surface area contributed by atoms with E-state index in [4.69, 9.17) is 4.74 Å². The number of rotatable bonds is 7. The molecule has 0 fully saturated rings. The molecule has 8 heteroatoms. The number of nitrogens with zero attached hydrogens (tertiary/aromatic N) is 2. The number of hydrogen-bond donors (Lipinski definition) is 1. The molecule has 0 unspecified atom stereocenters. The second-order valence-corrected chi connectivity index (χ2v) is 11.0. The lowest BCUT2D eigenvalue weighted by atomic mass is 9.81. The van der Waals surface area contributed by atoms with Crippen molar-refractivity contribution in [3.8, 4) is 5.75 Å². The van der Waals surface area contributed by atoms with E-state index in [2.05, 4.69) is 24.1 Å². The third-order valence-corrected chi connectivity index (χ3v) is 7.90. The minimum absolute atomic E-state index is 0.0276. The number of thiazole rings is 1. The minimum Gasteiger partial charge on any atom is -0.494 e. The summed E-state index contributed by atoms with van der Waals surface area (Å²) in [5.41, 5.74) is 2.16. The smallest absolute Gasteiger partial charge is 0.254 e. The molecule has 4 aromatic rings. The van der Waals surface area contributed by atoms with Crippen molar-refractivity contribution < 1.29 is 14.3 Å². The van der Waals surface area contributed by atoms with E-state index in [1.807, 2.05) is 71.8 Å². The zero-order valence-electron chi connectivity index (χ0n) is 19.9. The Labute approximate surface area is 212 Å². The molecule has 1 N–H and O–H groups in total. The van der Waals surface area contributed by atoms with Crippen molar-refractivity contribution in [3.05, 3.63) is 76.0 Å². The average Bonchev–Trinajstić information content (AvgIpc) is 3.50. The molecule has 0 saturated carbocycles. The Balaban J connectivity index is 1.54. The van der Waals surface area contributed by atoms with Gasteiger partial charge in [0.25, 0.3) is 5.91 Å². The third kappa shape index (κ3) is 4.56. The van der Waals surface area contributed by atoms with Crippen LogP contribution in [0.15, 0.2) is 60.0 Å². The van der Waals surface area contributed by atoms with Crippen LogP contribution in [0.4, 0.5) is 5.13 Å². The summed E-state index contributed by atoms with van der Waals surface area (Å²) < 4.78 is 6.55. The molecule has 1 aliphatic heterocycles. The molecule has 2 atom stereocenters. The Bertz CT molecular complexity index is 1360. The molecule has 0 spiro atoms. The van der Waals surface area contributed by atoms with Crippen molar-refractivity contribution in [2.75, 3.05) is 18.5 Å². The Hall–Kier alpha value is -3.23. The number of amides is 2. The fourth-order valence-electron chi connectivity index (χ4n) is 4.64. The maximum Gasteiger partial charge on any atom is 0.254 e. The van der Waals surface area contributed by atoms with Crippen LogP contribution in [0.1, 0.15) is 53.5 Å². The number of aromatic nitrogens is 1. The topological polar surface area (TPSA) is 71.5 Å². The summed E-state index contributed by atoms with van der Waals surface area (Å²) >= 11 is 2.99. The largest absolute Gasteiger partial charge is 0.494 e. The maximum absolute atomic E-state index is 13.9. The number of nitrogens with one attached hydrogen (secondary N) is 1. The Morgan fingerprint density at radius 1 is 1.17 bits per heavy atom. The van der Waals surface area contributed by atoms with Gasteiger partial charge < -0.3 is 15.0 Å². The second kappa shape index (κ2) is 9.79. The highest BCUT2D eigenvalue weighted by molar-refractivity contribution is 7.22. The standard InChI is InChI=1S/C27H27N3O3S2/c1-4-33-17-11-12-20-22(14-17)35-27(28-20)29-25(31)23-18-8-5-6-9-19(18)26(32)30(15-16(2)3)24(23)21-10-7-13-34-21/h5-14,16,23-24H,4,15H2,1-3H3,(H,28,29,31)/t23-,24+/m0/s1. The lowest BCUT2D eigenvalue weighted by Crippen LogP contribution is -2.47. The highest BCUT2D eigenvalue weighted by Crippen LogP contribution is 2.45. The van der Waals surface area contributed by atoms with Crippen LogP contribution >= 0.6 is 22.7 Å². The minimum atomic E-state index is -0.549. The van der Waals surface area contributed by atoms with Gasteiger partial charge in [0.05, 0.1) is 28.8 Å². The number of anilines is 1. The van der Waals surface area contributed by atoms with Gasteiger partial charge in [0.15, 0.2) is 5.13 Å². The third-order valence-electron chi connectivity index (χ3n) is 6.02. The molecule has 2 amide bonds. The van der Waals surface area contributed by atoms with Crippen molar-refractivity contribution >= 4 is 49.8 Å². The number of carbonyl (C=O) groups is 2. The van der Waals surface area contributed by atoms with Crippen LogP contribution in [-0.4, -0.2) is 34.8 Å². The van der Waals surface area contributed by atoms with E-state index in [1.165, 1.54) is 11.3 Å². The van der Waals surface area contributed by atoms with E-state index in [0.29, 0.717) is 23.8 Å². The van der Waals surface area contributed by atoms with Crippen LogP contribution in [0.2, 0.25) is 0 Å². The Morgan fingerprint density at radius 3 is 2.74 bits per heavy atom. The lowest BCUT2D eigenvalue weighted by Gasteiger charge is -2.41. The molecule has 180 valence electrons. The van der Waals surface area contributed by atoms with E-state index < -0.39 is 5.92 Å². The van der Waals surface area contributed by atoms with E-state index in [-0.39, 0.29) is 23.8 Å².